The molecule has 1 aliphatic heterocycles. The van der Waals surface area contributed by atoms with E-state index in [1.807, 2.05) is 25.1 Å². The van der Waals surface area contributed by atoms with Crippen molar-refractivity contribution >= 4 is 27.7 Å². The predicted molar refractivity (Wildman–Crippen MR) is 119 cm³/mol. The lowest BCUT2D eigenvalue weighted by atomic mass is 9.88. The third-order valence-electron chi connectivity index (χ3n) is 5.44. The number of fused-ring (bicyclic) bond motifs is 1. The van der Waals surface area contributed by atoms with E-state index in [2.05, 4.69) is 9.71 Å². The zero-order valence-electron chi connectivity index (χ0n) is 17.4. The van der Waals surface area contributed by atoms with Gasteiger partial charge in [-0.25, -0.2) is 26.9 Å². The second kappa shape index (κ2) is 8.27. The molecule has 1 unspecified atom stereocenters. The number of sulfonamides is 1. The van der Waals surface area contributed by atoms with E-state index < -0.39 is 27.6 Å². The Labute approximate surface area is 184 Å². The highest BCUT2D eigenvalue weighted by molar-refractivity contribution is 7.90. The molecule has 1 amide bonds. The van der Waals surface area contributed by atoms with Gasteiger partial charge in [-0.1, -0.05) is 43.4 Å². The van der Waals surface area contributed by atoms with Crippen LogP contribution in [0.1, 0.15) is 42.9 Å². The average molecular weight is 454 g/mol. The van der Waals surface area contributed by atoms with Crippen LogP contribution in [0.25, 0.3) is 6.08 Å². The van der Waals surface area contributed by atoms with Crippen LogP contribution in [0, 0.1) is 11.6 Å². The van der Waals surface area contributed by atoms with Gasteiger partial charge in [0.05, 0.1) is 16.2 Å². The number of amides is 1. The van der Waals surface area contributed by atoms with Gasteiger partial charge in [-0.15, -0.1) is 0 Å². The predicted octanol–water partition coefficient (Wildman–Crippen LogP) is 4.62. The lowest BCUT2D eigenvalue weighted by Gasteiger charge is -2.21. The van der Waals surface area contributed by atoms with E-state index in [0.717, 1.165) is 17.7 Å². The maximum atomic E-state index is 14.3. The minimum atomic E-state index is -4.21. The SMILES string of the molecule is C/C=C1\C=C(C(=O)NS(=O)(=O)c2cccc3c2C(C)CC=C3)N=C1c1c(F)cccc1F. The molecule has 0 fully saturated rings. The number of carbonyl (C=O) groups excluding carboxylic acids is 1. The van der Waals surface area contributed by atoms with Crippen LogP contribution in [0.5, 0.6) is 0 Å². The van der Waals surface area contributed by atoms with Gasteiger partial charge in [0.1, 0.15) is 17.3 Å². The van der Waals surface area contributed by atoms with Crippen LogP contribution in [0.3, 0.4) is 0 Å². The van der Waals surface area contributed by atoms with E-state index in [9.17, 15) is 22.0 Å². The van der Waals surface area contributed by atoms with E-state index in [1.54, 1.807) is 19.1 Å². The number of nitrogens with one attached hydrogen (secondary N) is 1. The molecule has 8 heteroatoms. The summed E-state index contributed by atoms with van der Waals surface area (Å²) in [6.45, 7) is 3.55. The zero-order valence-corrected chi connectivity index (χ0v) is 18.2. The fraction of sp³-hybridized carbons (Fsp3) is 0.167. The van der Waals surface area contributed by atoms with Crippen molar-refractivity contribution in [3.8, 4) is 0 Å². The van der Waals surface area contributed by atoms with Gasteiger partial charge in [-0.05, 0) is 60.2 Å². The number of carbonyl (C=O) groups is 1. The van der Waals surface area contributed by atoms with Crippen molar-refractivity contribution in [1.82, 2.24) is 4.72 Å². The molecule has 2 aliphatic rings. The Morgan fingerprint density at radius 2 is 1.84 bits per heavy atom. The highest BCUT2D eigenvalue weighted by Gasteiger charge is 2.30. The zero-order chi connectivity index (χ0) is 23.0. The van der Waals surface area contributed by atoms with Crippen LogP contribution >= 0.6 is 0 Å². The summed E-state index contributed by atoms with van der Waals surface area (Å²) in [4.78, 5) is 16.9. The molecule has 0 saturated heterocycles. The maximum Gasteiger partial charge on any atom is 0.283 e. The molecule has 2 aromatic rings. The van der Waals surface area contributed by atoms with E-state index in [-0.39, 0.29) is 27.8 Å². The quantitative estimate of drug-likeness (QED) is 0.732. The van der Waals surface area contributed by atoms with Crippen LogP contribution in [0.4, 0.5) is 8.78 Å². The van der Waals surface area contributed by atoms with Gasteiger partial charge in [0, 0.05) is 0 Å². The molecular formula is C24H20F2N2O3S. The highest BCUT2D eigenvalue weighted by atomic mass is 32.2. The van der Waals surface area contributed by atoms with Crippen molar-refractivity contribution in [3.63, 3.8) is 0 Å². The molecule has 4 rings (SSSR count). The van der Waals surface area contributed by atoms with Crippen LogP contribution in [0.2, 0.25) is 0 Å². The molecule has 2 aromatic carbocycles. The van der Waals surface area contributed by atoms with E-state index in [4.69, 9.17) is 0 Å². The van der Waals surface area contributed by atoms with Crippen LogP contribution in [0.15, 0.2) is 75.8 Å². The smallest absolute Gasteiger partial charge is 0.266 e. The van der Waals surface area contributed by atoms with E-state index >= 15 is 0 Å². The second-order valence-corrected chi connectivity index (χ2v) is 9.21. The van der Waals surface area contributed by atoms with Crippen LogP contribution in [-0.4, -0.2) is 20.0 Å². The molecule has 0 bridgehead atoms. The topological polar surface area (TPSA) is 75.6 Å². The number of rotatable bonds is 4. The van der Waals surface area contributed by atoms with Crippen molar-refractivity contribution in [2.24, 2.45) is 4.99 Å². The Bertz CT molecular complexity index is 1340. The molecular weight excluding hydrogens is 434 g/mol. The van der Waals surface area contributed by atoms with Gasteiger partial charge < -0.3 is 0 Å². The Hall–Kier alpha value is -3.39. The Morgan fingerprint density at radius 3 is 2.53 bits per heavy atom. The molecule has 0 spiro atoms. The van der Waals surface area contributed by atoms with Gasteiger partial charge in [0.25, 0.3) is 15.9 Å². The fourth-order valence-corrected chi connectivity index (χ4v) is 5.23. The van der Waals surface area contributed by atoms with Crippen molar-refractivity contribution in [2.45, 2.75) is 31.1 Å². The monoisotopic (exact) mass is 454 g/mol. The average Bonchev–Trinajstić information content (AvgIpc) is 3.17. The summed E-state index contributed by atoms with van der Waals surface area (Å²) in [5, 5.41) is 0. The number of hydrogen-bond acceptors (Lipinski definition) is 4. The van der Waals surface area contributed by atoms with Gasteiger partial charge in [0.15, 0.2) is 0 Å². The second-order valence-electron chi connectivity index (χ2n) is 7.56. The van der Waals surface area contributed by atoms with Crippen molar-refractivity contribution in [2.75, 3.05) is 0 Å². The largest absolute Gasteiger partial charge is 0.283 e. The first-order valence-electron chi connectivity index (χ1n) is 10.0. The highest BCUT2D eigenvalue weighted by Crippen LogP contribution is 2.34. The molecule has 1 atom stereocenters. The van der Waals surface area contributed by atoms with Crippen molar-refractivity contribution in [3.05, 3.63) is 94.2 Å². The summed E-state index contributed by atoms with van der Waals surface area (Å²) in [5.74, 6) is -2.67. The normalized spacial score (nSPS) is 18.9. The molecule has 0 aromatic heterocycles. The van der Waals surface area contributed by atoms with Gasteiger partial charge >= 0.3 is 0 Å². The summed E-state index contributed by atoms with van der Waals surface area (Å²) in [5.41, 5.74) is 1.04. The maximum absolute atomic E-state index is 14.3. The molecule has 0 saturated carbocycles. The Morgan fingerprint density at radius 1 is 1.16 bits per heavy atom. The molecule has 32 heavy (non-hydrogen) atoms. The van der Waals surface area contributed by atoms with Gasteiger partial charge in [0.2, 0.25) is 0 Å². The molecule has 0 radical (unpaired) electrons. The fourth-order valence-electron chi connectivity index (χ4n) is 3.91. The summed E-state index contributed by atoms with van der Waals surface area (Å²) in [7, 11) is -4.21. The summed E-state index contributed by atoms with van der Waals surface area (Å²) < 4.78 is 56.7. The van der Waals surface area contributed by atoms with Crippen molar-refractivity contribution < 1.29 is 22.0 Å². The van der Waals surface area contributed by atoms with Crippen molar-refractivity contribution in [1.29, 1.82) is 0 Å². The number of benzene rings is 2. The molecule has 1 heterocycles. The number of aliphatic imine (C=N–C) groups is 1. The minimum Gasteiger partial charge on any atom is -0.266 e. The summed E-state index contributed by atoms with van der Waals surface area (Å²) >= 11 is 0. The van der Waals surface area contributed by atoms with Gasteiger partial charge in [-0.2, -0.15) is 0 Å². The number of allylic oxidation sites excluding steroid dienone is 4. The molecule has 164 valence electrons. The minimum absolute atomic E-state index is 0.0226. The first-order chi connectivity index (χ1) is 15.2. The number of nitrogens with zero attached hydrogens (tertiary/aromatic N) is 1. The molecule has 1 aliphatic carbocycles. The lowest BCUT2D eigenvalue weighted by Crippen LogP contribution is -2.32. The third-order valence-corrected chi connectivity index (χ3v) is 6.83. The van der Waals surface area contributed by atoms with E-state index in [1.165, 1.54) is 18.2 Å². The van der Waals surface area contributed by atoms with E-state index in [0.29, 0.717) is 17.6 Å². The van der Waals surface area contributed by atoms with Crippen LogP contribution in [-0.2, 0) is 14.8 Å². The first-order valence-corrected chi connectivity index (χ1v) is 11.5. The van der Waals surface area contributed by atoms with Crippen LogP contribution < -0.4 is 4.72 Å². The summed E-state index contributed by atoms with van der Waals surface area (Å²) in [6.07, 6.45) is 7.36. The molecule has 5 nitrogen and oxygen atoms in total. The van der Waals surface area contributed by atoms with Gasteiger partial charge in [-0.3, -0.25) is 4.79 Å². The standard InChI is InChI=1S/C24H20F2N2O3S/c1-3-15-13-19(27-23(15)22-17(25)10-6-11-18(22)26)24(29)28-32(30,31)20-12-5-9-16-8-4-7-14(2)21(16)20/h3-6,8-14H,7H2,1-2H3,(H,28,29)/b15-3+. The summed E-state index contributed by atoms with van der Waals surface area (Å²) in [6, 6.07) is 8.29. The number of halogens is 2. The number of hydrogen-bond donors (Lipinski definition) is 1. The Kier molecular flexibility index (Phi) is 5.64. The lowest BCUT2D eigenvalue weighted by molar-refractivity contribution is -0.115. The first kappa shape index (κ1) is 21.8. The Balaban J connectivity index is 1.68. The molecule has 1 N–H and O–H groups in total. The third kappa shape index (κ3) is 3.82.